The number of aromatic nitrogens is 4. The maximum atomic E-state index is 13.0. The van der Waals surface area contributed by atoms with Crippen molar-refractivity contribution >= 4 is 35.8 Å². The van der Waals surface area contributed by atoms with Gasteiger partial charge in [-0.05, 0) is 79.7 Å². The summed E-state index contributed by atoms with van der Waals surface area (Å²) >= 11 is 0. The molecule has 16 nitrogen and oxygen atoms in total. The molecule has 4 rings (SSSR count). The van der Waals surface area contributed by atoms with Gasteiger partial charge in [0.1, 0.15) is 35.4 Å². The zero-order valence-corrected chi connectivity index (χ0v) is 29.9. The molecule has 0 radical (unpaired) electrons. The molecule has 0 aliphatic heterocycles. The number of hydrogen-bond donors (Lipinski definition) is 1. The fraction of sp³-hybridized carbons (Fsp3) is 0.412. The van der Waals surface area contributed by atoms with Crippen LogP contribution in [0.5, 0.6) is 0 Å². The van der Waals surface area contributed by atoms with E-state index in [4.69, 9.17) is 27.8 Å². The molecule has 0 fully saturated rings. The summed E-state index contributed by atoms with van der Waals surface area (Å²) in [7, 11) is 0. The second kappa shape index (κ2) is 17.8. The van der Waals surface area contributed by atoms with Gasteiger partial charge in [-0.25, -0.2) is 47.9 Å². The first-order valence-corrected chi connectivity index (χ1v) is 15.9. The standard InChI is InChI=1S/C18H21F2N3O5.C16H19N3O5/c1-5-26-16(24)12-10-27-15(22-12)11-6-7-21-14(8-11)23(9-13(19)20)17(25)28-18(2,3)4;1-5-22-14(20)11-9-23-13(18-11)10-6-7-17-12(8-10)19-15(21)24-16(2,3)4/h6-8,10,13H,5,9H2,1-4H3;6-9H,5H2,1-4H3,(H,17,19,21). The van der Waals surface area contributed by atoms with Crippen LogP contribution >= 0.6 is 0 Å². The number of rotatable bonds is 10. The first kappa shape index (κ1) is 40.5. The van der Waals surface area contributed by atoms with Crippen LogP contribution in [0.4, 0.5) is 30.0 Å². The van der Waals surface area contributed by atoms with Crippen molar-refractivity contribution in [3.63, 3.8) is 0 Å². The number of oxazole rings is 2. The highest BCUT2D eigenvalue weighted by Crippen LogP contribution is 2.25. The summed E-state index contributed by atoms with van der Waals surface area (Å²) in [5, 5.41) is 2.53. The van der Waals surface area contributed by atoms with Crippen LogP contribution in [0.3, 0.4) is 0 Å². The molecule has 0 spiro atoms. The molecular formula is C34H40F2N6O10. The van der Waals surface area contributed by atoms with Crippen LogP contribution in [0, 0.1) is 0 Å². The average molecular weight is 731 g/mol. The Morgan fingerprint density at radius 1 is 0.788 bits per heavy atom. The number of nitrogens with zero attached hydrogens (tertiary/aromatic N) is 5. The molecule has 280 valence electrons. The zero-order chi connectivity index (χ0) is 38.6. The molecule has 0 bridgehead atoms. The number of nitrogens with one attached hydrogen (secondary N) is 1. The van der Waals surface area contributed by atoms with E-state index in [0.717, 1.165) is 11.2 Å². The minimum absolute atomic E-state index is 0.0354. The van der Waals surface area contributed by atoms with E-state index in [0.29, 0.717) is 11.1 Å². The maximum Gasteiger partial charge on any atom is 0.416 e. The molecule has 0 saturated carbocycles. The van der Waals surface area contributed by atoms with Gasteiger partial charge in [-0.2, -0.15) is 0 Å². The Balaban J connectivity index is 0.000000284. The topological polar surface area (TPSA) is 198 Å². The molecular weight excluding hydrogens is 690 g/mol. The average Bonchev–Trinajstić information content (AvgIpc) is 3.74. The molecule has 0 aliphatic rings. The molecule has 4 heterocycles. The number of halogens is 2. The van der Waals surface area contributed by atoms with Crippen molar-refractivity contribution in [2.45, 2.75) is 73.0 Å². The Morgan fingerprint density at radius 3 is 1.77 bits per heavy atom. The number of esters is 2. The van der Waals surface area contributed by atoms with Crippen LogP contribution in [0.1, 0.15) is 76.4 Å². The first-order valence-electron chi connectivity index (χ1n) is 15.9. The highest BCUT2D eigenvalue weighted by atomic mass is 19.3. The predicted octanol–water partition coefficient (Wildman–Crippen LogP) is 7.18. The van der Waals surface area contributed by atoms with Crippen molar-refractivity contribution < 1.29 is 55.7 Å². The summed E-state index contributed by atoms with van der Waals surface area (Å²) in [4.78, 5) is 64.2. The van der Waals surface area contributed by atoms with Crippen molar-refractivity contribution in [2.24, 2.45) is 0 Å². The monoisotopic (exact) mass is 730 g/mol. The lowest BCUT2D eigenvalue weighted by molar-refractivity contribution is 0.0510. The van der Waals surface area contributed by atoms with Crippen molar-refractivity contribution in [3.05, 3.63) is 60.6 Å². The molecule has 0 aromatic carbocycles. The lowest BCUT2D eigenvalue weighted by atomic mass is 10.2. The highest BCUT2D eigenvalue weighted by molar-refractivity contribution is 5.89. The fourth-order valence-electron chi connectivity index (χ4n) is 3.87. The Labute approximate surface area is 297 Å². The molecule has 4 aromatic rings. The van der Waals surface area contributed by atoms with Crippen LogP contribution in [-0.4, -0.2) is 81.4 Å². The SMILES string of the molecule is CCOC(=O)c1coc(-c2ccnc(N(CC(F)F)C(=O)OC(C)(C)C)c2)n1.CCOC(=O)c1coc(-c2ccnc(NC(=O)OC(C)(C)C)c2)n1. The third-order valence-corrected chi connectivity index (χ3v) is 5.82. The van der Waals surface area contributed by atoms with Crippen molar-refractivity contribution in [3.8, 4) is 22.9 Å². The van der Waals surface area contributed by atoms with Crippen molar-refractivity contribution in [2.75, 3.05) is 30.0 Å². The molecule has 0 atom stereocenters. The Kier molecular flexibility index (Phi) is 13.9. The Bertz CT molecular complexity index is 1830. The van der Waals surface area contributed by atoms with Crippen LogP contribution in [0.2, 0.25) is 0 Å². The third kappa shape index (κ3) is 12.7. The van der Waals surface area contributed by atoms with Crippen molar-refractivity contribution in [1.29, 1.82) is 0 Å². The number of pyridine rings is 2. The molecule has 4 aromatic heterocycles. The van der Waals surface area contributed by atoms with Gasteiger partial charge in [0.2, 0.25) is 11.8 Å². The van der Waals surface area contributed by atoms with E-state index in [1.165, 1.54) is 30.8 Å². The van der Waals surface area contributed by atoms with Crippen molar-refractivity contribution in [1.82, 2.24) is 19.9 Å². The van der Waals surface area contributed by atoms with Gasteiger partial charge in [0.15, 0.2) is 11.4 Å². The molecule has 2 amide bonds. The lowest BCUT2D eigenvalue weighted by Crippen LogP contribution is -2.40. The number of carbonyl (C=O) groups is 4. The molecule has 0 unspecified atom stereocenters. The minimum Gasteiger partial charge on any atom is -0.461 e. The predicted molar refractivity (Wildman–Crippen MR) is 181 cm³/mol. The lowest BCUT2D eigenvalue weighted by Gasteiger charge is -2.26. The molecule has 52 heavy (non-hydrogen) atoms. The van der Waals surface area contributed by atoms with E-state index in [9.17, 15) is 28.0 Å². The van der Waals surface area contributed by atoms with Gasteiger partial charge in [-0.15, -0.1) is 0 Å². The van der Waals surface area contributed by atoms with E-state index in [2.05, 4.69) is 25.3 Å². The summed E-state index contributed by atoms with van der Waals surface area (Å²) in [5.41, 5.74) is -0.558. The summed E-state index contributed by atoms with van der Waals surface area (Å²) in [6.07, 6.45) is 0.754. The number of ether oxygens (including phenoxy) is 4. The van der Waals surface area contributed by atoms with E-state index in [1.54, 1.807) is 67.5 Å². The second-order valence-corrected chi connectivity index (χ2v) is 12.5. The summed E-state index contributed by atoms with van der Waals surface area (Å²) in [6.45, 7) is 13.1. The molecule has 0 saturated heterocycles. The largest absolute Gasteiger partial charge is 0.461 e. The second-order valence-electron chi connectivity index (χ2n) is 12.5. The number of anilines is 2. The van der Waals surface area contributed by atoms with E-state index in [1.807, 2.05) is 0 Å². The highest BCUT2D eigenvalue weighted by Gasteiger charge is 2.27. The van der Waals surface area contributed by atoms with E-state index < -0.39 is 48.3 Å². The summed E-state index contributed by atoms with van der Waals surface area (Å²) in [5.74, 6) is -0.741. The molecule has 1 N–H and O–H groups in total. The van der Waals surface area contributed by atoms with Gasteiger partial charge in [0.25, 0.3) is 6.43 Å². The third-order valence-electron chi connectivity index (χ3n) is 5.82. The smallest absolute Gasteiger partial charge is 0.416 e. The van der Waals surface area contributed by atoms with Gasteiger partial charge in [-0.3, -0.25) is 10.2 Å². The van der Waals surface area contributed by atoms with Crippen LogP contribution in [0.15, 0.2) is 58.0 Å². The number of amides is 2. The minimum atomic E-state index is -2.80. The molecule has 0 aliphatic carbocycles. The fourth-order valence-corrected chi connectivity index (χ4v) is 3.87. The Morgan fingerprint density at radius 2 is 1.29 bits per heavy atom. The summed E-state index contributed by atoms with van der Waals surface area (Å²) in [6, 6.07) is 6.04. The van der Waals surface area contributed by atoms with E-state index in [-0.39, 0.29) is 48.0 Å². The first-order chi connectivity index (χ1) is 24.4. The van der Waals surface area contributed by atoms with Gasteiger partial charge in [0.05, 0.1) is 19.8 Å². The van der Waals surface area contributed by atoms with Gasteiger partial charge in [0, 0.05) is 23.5 Å². The summed E-state index contributed by atoms with van der Waals surface area (Å²) < 4.78 is 56.5. The van der Waals surface area contributed by atoms with Gasteiger partial charge < -0.3 is 27.8 Å². The van der Waals surface area contributed by atoms with Crippen LogP contribution in [0.25, 0.3) is 22.9 Å². The van der Waals surface area contributed by atoms with Crippen LogP contribution in [-0.2, 0) is 18.9 Å². The normalized spacial score (nSPS) is 11.2. The Hall–Kier alpha value is -5.94. The zero-order valence-electron chi connectivity index (χ0n) is 29.9. The quantitative estimate of drug-likeness (QED) is 0.127. The number of hydrogen-bond acceptors (Lipinski definition) is 14. The van der Waals surface area contributed by atoms with E-state index >= 15 is 0 Å². The van der Waals surface area contributed by atoms with Crippen LogP contribution < -0.4 is 10.2 Å². The van der Waals surface area contributed by atoms with Gasteiger partial charge in [-0.1, -0.05) is 0 Å². The molecule has 18 heteroatoms. The number of carbonyl (C=O) groups excluding carboxylic acids is 4. The number of alkyl halides is 2. The van der Waals surface area contributed by atoms with Gasteiger partial charge >= 0.3 is 24.1 Å². The maximum absolute atomic E-state index is 13.0.